The number of fused-ring (bicyclic) bond motifs is 3. The first-order valence-electron chi connectivity index (χ1n) is 7.46. The van der Waals surface area contributed by atoms with Gasteiger partial charge in [0.15, 0.2) is 0 Å². The Hall–Kier alpha value is -2.36. The van der Waals surface area contributed by atoms with E-state index < -0.39 is 0 Å². The van der Waals surface area contributed by atoms with Gasteiger partial charge in [0.2, 0.25) is 0 Å². The lowest BCUT2D eigenvalue weighted by Crippen LogP contribution is -2.38. The molecule has 4 rings (SSSR count). The van der Waals surface area contributed by atoms with Gasteiger partial charge in [-0.1, -0.05) is 11.6 Å². The van der Waals surface area contributed by atoms with Crippen LogP contribution in [0, 0.1) is 11.3 Å². The first kappa shape index (κ1) is 14.2. The van der Waals surface area contributed by atoms with Crippen LogP contribution in [0.5, 0.6) is 0 Å². The number of piperidine rings is 1. The van der Waals surface area contributed by atoms with Crippen molar-refractivity contribution in [3.63, 3.8) is 0 Å². The first-order valence-corrected chi connectivity index (χ1v) is 7.84. The average Bonchev–Trinajstić information content (AvgIpc) is 2.92. The van der Waals surface area contributed by atoms with Gasteiger partial charge < -0.3 is 15.0 Å². The summed E-state index contributed by atoms with van der Waals surface area (Å²) in [7, 11) is 0. The van der Waals surface area contributed by atoms with Gasteiger partial charge in [0.1, 0.15) is 17.4 Å². The van der Waals surface area contributed by atoms with Gasteiger partial charge in [-0.25, -0.2) is 9.97 Å². The molecule has 0 aromatic carbocycles. The molecule has 4 heterocycles. The third-order valence-electron chi connectivity index (χ3n) is 4.26. The van der Waals surface area contributed by atoms with Crippen LogP contribution in [0.3, 0.4) is 0 Å². The quantitative estimate of drug-likeness (QED) is 0.717. The molecule has 0 radical (unpaired) electrons. The van der Waals surface area contributed by atoms with Crippen molar-refractivity contribution in [2.24, 2.45) is 0 Å². The summed E-state index contributed by atoms with van der Waals surface area (Å²) in [6, 6.07) is 3.81. The summed E-state index contributed by atoms with van der Waals surface area (Å²) in [4.78, 5) is 13.8. The van der Waals surface area contributed by atoms with Gasteiger partial charge in [0.25, 0.3) is 0 Å². The third kappa shape index (κ3) is 2.29. The molecule has 6 nitrogen and oxygen atoms in total. The molecule has 3 aromatic heterocycles. The van der Waals surface area contributed by atoms with Crippen LogP contribution >= 0.6 is 11.6 Å². The van der Waals surface area contributed by atoms with Crippen molar-refractivity contribution in [2.75, 3.05) is 18.0 Å². The number of β-amino-alcohol motifs (C(OH)–C–C–N with tert-alkyl or cyclic N) is 1. The number of hydrogen-bond donors (Lipinski definition) is 2. The minimum Gasteiger partial charge on any atom is -0.391 e. The number of H-pyrrole nitrogens is 1. The summed E-state index contributed by atoms with van der Waals surface area (Å²) in [5.74, 6) is 0. The highest BCUT2D eigenvalue weighted by atomic mass is 35.5. The number of nitrogens with one attached hydrogen (secondary N) is 1. The summed E-state index contributed by atoms with van der Waals surface area (Å²) in [5.41, 5.74) is 2.73. The summed E-state index contributed by atoms with van der Waals surface area (Å²) in [6.07, 6.45) is 4.62. The Morgan fingerprint density at radius 3 is 3.04 bits per heavy atom. The van der Waals surface area contributed by atoms with Crippen LogP contribution in [0.2, 0.25) is 5.02 Å². The molecule has 2 N–H and O–H groups in total. The van der Waals surface area contributed by atoms with Crippen molar-refractivity contribution in [3.8, 4) is 6.07 Å². The number of pyridine rings is 2. The van der Waals surface area contributed by atoms with Crippen molar-refractivity contribution in [1.82, 2.24) is 15.0 Å². The Morgan fingerprint density at radius 2 is 2.26 bits per heavy atom. The molecule has 0 amide bonds. The summed E-state index contributed by atoms with van der Waals surface area (Å²) in [5, 5.41) is 21.4. The Kier molecular flexibility index (Phi) is 3.33. The van der Waals surface area contributed by atoms with E-state index in [4.69, 9.17) is 16.9 Å². The lowest BCUT2D eigenvalue weighted by atomic mass is 10.1. The van der Waals surface area contributed by atoms with Crippen molar-refractivity contribution < 1.29 is 5.11 Å². The molecule has 0 unspecified atom stereocenters. The number of aromatic amines is 1. The fraction of sp³-hybridized carbons (Fsp3) is 0.312. The number of aliphatic hydroxyl groups is 1. The minimum atomic E-state index is -0.357. The Balaban J connectivity index is 2.01. The highest BCUT2D eigenvalue weighted by Crippen LogP contribution is 2.38. The smallest absolute Gasteiger partial charge is 0.141 e. The fourth-order valence-electron chi connectivity index (χ4n) is 3.25. The second kappa shape index (κ2) is 5.37. The molecule has 0 bridgehead atoms. The number of rotatable bonds is 1. The van der Waals surface area contributed by atoms with Gasteiger partial charge in [-0.3, -0.25) is 0 Å². The Bertz CT molecular complexity index is 945. The molecule has 1 saturated heterocycles. The highest BCUT2D eigenvalue weighted by molar-refractivity contribution is 6.35. The second-order valence-corrected chi connectivity index (χ2v) is 6.18. The zero-order chi connectivity index (χ0) is 16.0. The number of anilines is 1. The predicted molar refractivity (Wildman–Crippen MR) is 88.6 cm³/mol. The van der Waals surface area contributed by atoms with Gasteiger partial charge in [0.05, 0.1) is 40.1 Å². The molecule has 0 aliphatic carbocycles. The lowest BCUT2D eigenvalue weighted by molar-refractivity contribution is 0.154. The van der Waals surface area contributed by atoms with E-state index in [1.807, 2.05) is 0 Å². The number of hydrogen-bond acceptors (Lipinski definition) is 5. The van der Waals surface area contributed by atoms with E-state index in [0.29, 0.717) is 22.9 Å². The summed E-state index contributed by atoms with van der Waals surface area (Å²) in [6.45, 7) is 1.38. The molecular weight excluding hydrogens is 314 g/mol. The van der Waals surface area contributed by atoms with Crippen LogP contribution in [0.1, 0.15) is 18.5 Å². The van der Waals surface area contributed by atoms with E-state index >= 15 is 0 Å². The zero-order valence-corrected chi connectivity index (χ0v) is 13.0. The lowest BCUT2D eigenvalue weighted by Gasteiger charge is -2.33. The monoisotopic (exact) mass is 327 g/mol. The predicted octanol–water partition coefficient (Wildman–Crippen LogP) is 2.60. The molecule has 116 valence electrons. The van der Waals surface area contributed by atoms with E-state index in [-0.39, 0.29) is 6.10 Å². The Labute approximate surface area is 137 Å². The van der Waals surface area contributed by atoms with Gasteiger partial charge in [-0.2, -0.15) is 5.26 Å². The number of nitrogens with zero attached hydrogens (tertiary/aromatic N) is 4. The molecule has 23 heavy (non-hydrogen) atoms. The molecule has 1 atom stereocenters. The minimum absolute atomic E-state index is 0.350. The van der Waals surface area contributed by atoms with Gasteiger partial charge in [-0.05, 0) is 18.9 Å². The first-order chi connectivity index (χ1) is 11.2. The Morgan fingerprint density at radius 1 is 1.39 bits per heavy atom. The maximum absolute atomic E-state index is 9.99. The van der Waals surface area contributed by atoms with Crippen LogP contribution in [0.25, 0.3) is 21.9 Å². The SMILES string of the molecule is N#Cc1cc2c(cn1)[nH]c1ncc(Cl)c(N3CCC[C@@H](O)C3)c12. The van der Waals surface area contributed by atoms with Crippen molar-refractivity contribution in [2.45, 2.75) is 18.9 Å². The van der Waals surface area contributed by atoms with E-state index in [0.717, 1.165) is 41.4 Å². The summed E-state index contributed by atoms with van der Waals surface area (Å²) < 4.78 is 0. The van der Waals surface area contributed by atoms with Crippen LogP contribution in [0.4, 0.5) is 5.69 Å². The highest BCUT2D eigenvalue weighted by Gasteiger charge is 2.24. The van der Waals surface area contributed by atoms with Gasteiger partial charge in [0, 0.05) is 18.5 Å². The maximum Gasteiger partial charge on any atom is 0.141 e. The second-order valence-electron chi connectivity index (χ2n) is 5.77. The number of halogens is 1. The zero-order valence-electron chi connectivity index (χ0n) is 12.3. The maximum atomic E-state index is 9.99. The van der Waals surface area contributed by atoms with Crippen LogP contribution < -0.4 is 4.90 Å². The van der Waals surface area contributed by atoms with E-state index in [1.165, 1.54) is 0 Å². The van der Waals surface area contributed by atoms with Crippen molar-refractivity contribution in [1.29, 1.82) is 5.26 Å². The molecule has 7 heteroatoms. The van der Waals surface area contributed by atoms with Crippen molar-refractivity contribution >= 4 is 39.2 Å². The molecule has 1 fully saturated rings. The molecule has 1 aliphatic rings. The largest absolute Gasteiger partial charge is 0.391 e. The average molecular weight is 328 g/mol. The molecule has 0 spiro atoms. The van der Waals surface area contributed by atoms with Crippen LogP contribution in [-0.4, -0.2) is 39.3 Å². The number of aliphatic hydroxyl groups excluding tert-OH is 1. The van der Waals surface area contributed by atoms with Crippen LogP contribution in [0.15, 0.2) is 18.5 Å². The van der Waals surface area contributed by atoms with Gasteiger partial charge in [-0.15, -0.1) is 0 Å². The van der Waals surface area contributed by atoms with Gasteiger partial charge >= 0.3 is 0 Å². The van der Waals surface area contributed by atoms with E-state index in [1.54, 1.807) is 18.5 Å². The molecule has 1 aliphatic heterocycles. The van der Waals surface area contributed by atoms with Crippen LogP contribution in [-0.2, 0) is 0 Å². The molecule has 3 aromatic rings. The summed E-state index contributed by atoms with van der Waals surface area (Å²) >= 11 is 6.43. The molecule has 0 saturated carbocycles. The fourth-order valence-corrected chi connectivity index (χ4v) is 3.51. The van der Waals surface area contributed by atoms with E-state index in [2.05, 4.69) is 25.9 Å². The number of nitriles is 1. The van der Waals surface area contributed by atoms with E-state index in [9.17, 15) is 5.11 Å². The topological polar surface area (TPSA) is 88.8 Å². The third-order valence-corrected chi connectivity index (χ3v) is 4.54. The normalized spacial score (nSPS) is 18.5. The van der Waals surface area contributed by atoms with Crippen molar-refractivity contribution in [3.05, 3.63) is 29.2 Å². The molecular formula is C16H14ClN5O. The number of aromatic nitrogens is 3. The standard InChI is InChI=1S/C16H14ClN5O/c17-12-6-20-16-14(15(12)22-3-1-2-10(23)8-22)11-4-9(5-18)19-7-13(11)21-16/h4,6-7,10,23H,1-3,8H2,(H,20,21)/t10-/m1/s1.